The SMILES string of the molecule is O=S1(=O)CCC2(CC2)Oc2ncc(F)cc21. The Labute approximate surface area is 92.4 Å². The van der Waals surface area contributed by atoms with Crippen molar-refractivity contribution in [2.24, 2.45) is 0 Å². The highest BCUT2D eigenvalue weighted by Gasteiger charge is 2.49. The quantitative estimate of drug-likeness (QED) is 0.689. The first-order valence-corrected chi connectivity index (χ1v) is 6.73. The molecule has 3 rings (SSSR count). The van der Waals surface area contributed by atoms with Gasteiger partial charge >= 0.3 is 0 Å². The van der Waals surface area contributed by atoms with Gasteiger partial charge in [0.05, 0.1) is 11.9 Å². The maximum Gasteiger partial charge on any atom is 0.233 e. The van der Waals surface area contributed by atoms with Crippen LogP contribution in [0.1, 0.15) is 19.3 Å². The van der Waals surface area contributed by atoms with Crippen molar-refractivity contribution in [3.8, 4) is 5.88 Å². The van der Waals surface area contributed by atoms with E-state index in [0.29, 0.717) is 6.42 Å². The highest BCUT2D eigenvalue weighted by atomic mass is 32.2. The lowest BCUT2D eigenvalue weighted by molar-refractivity contribution is 0.165. The predicted molar refractivity (Wildman–Crippen MR) is 53.5 cm³/mol. The van der Waals surface area contributed by atoms with E-state index in [1.165, 1.54) is 0 Å². The highest BCUT2D eigenvalue weighted by molar-refractivity contribution is 7.91. The van der Waals surface area contributed by atoms with E-state index in [9.17, 15) is 12.8 Å². The first kappa shape index (κ1) is 10.0. The van der Waals surface area contributed by atoms with Crippen molar-refractivity contribution in [1.82, 2.24) is 4.98 Å². The molecule has 1 aliphatic heterocycles. The maximum atomic E-state index is 13.0. The minimum absolute atomic E-state index is 0.00509. The Bertz CT molecular complexity index is 551. The lowest BCUT2D eigenvalue weighted by atomic mass is 10.2. The topological polar surface area (TPSA) is 56.3 Å². The Kier molecular flexibility index (Phi) is 1.84. The van der Waals surface area contributed by atoms with Crippen molar-refractivity contribution in [3.05, 3.63) is 18.1 Å². The van der Waals surface area contributed by atoms with E-state index in [2.05, 4.69) is 4.98 Å². The summed E-state index contributed by atoms with van der Waals surface area (Å²) in [4.78, 5) is 3.62. The van der Waals surface area contributed by atoms with Crippen LogP contribution in [0.5, 0.6) is 5.88 Å². The van der Waals surface area contributed by atoms with Gasteiger partial charge in [0, 0.05) is 6.42 Å². The molecule has 1 saturated carbocycles. The first-order valence-electron chi connectivity index (χ1n) is 5.08. The number of hydrogen-bond acceptors (Lipinski definition) is 4. The molecule has 0 saturated heterocycles. The van der Waals surface area contributed by atoms with Crippen LogP contribution in [0.4, 0.5) is 4.39 Å². The summed E-state index contributed by atoms with van der Waals surface area (Å²) in [6.07, 6.45) is 3.14. The second-order valence-electron chi connectivity index (χ2n) is 4.31. The average Bonchev–Trinajstić information content (AvgIpc) is 2.99. The third-order valence-electron chi connectivity index (χ3n) is 3.07. The van der Waals surface area contributed by atoms with Crippen LogP contribution in [0.2, 0.25) is 0 Å². The fourth-order valence-corrected chi connectivity index (χ4v) is 3.40. The van der Waals surface area contributed by atoms with Gasteiger partial charge in [-0.1, -0.05) is 0 Å². The summed E-state index contributed by atoms with van der Waals surface area (Å²) in [6, 6.07) is 0.985. The number of hydrogen-bond donors (Lipinski definition) is 0. The van der Waals surface area contributed by atoms with Crippen molar-refractivity contribution in [2.75, 3.05) is 5.75 Å². The molecular formula is C10H10FNO3S. The van der Waals surface area contributed by atoms with Crippen LogP contribution in [-0.4, -0.2) is 24.8 Å². The number of rotatable bonds is 0. The molecule has 0 bridgehead atoms. The van der Waals surface area contributed by atoms with Gasteiger partial charge < -0.3 is 4.74 Å². The molecule has 1 fully saturated rings. The van der Waals surface area contributed by atoms with Gasteiger partial charge in [-0.3, -0.25) is 0 Å². The summed E-state index contributed by atoms with van der Waals surface area (Å²) >= 11 is 0. The molecule has 0 amide bonds. The Morgan fingerprint density at radius 2 is 2.12 bits per heavy atom. The van der Waals surface area contributed by atoms with Crippen molar-refractivity contribution in [1.29, 1.82) is 0 Å². The van der Waals surface area contributed by atoms with E-state index in [1.54, 1.807) is 0 Å². The lowest BCUT2D eigenvalue weighted by Gasteiger charge is -2.13. The number of nitrogens with zero attached hydrogens (tertiary/aromatic N) is 1. The lowest BCUT2D eigenvalue weighted by Crippen LogP contribution is -2.18. The molecule has 0 N–H and O–H groups in total. The molecule has 2 heterocycles. The first-order chi connectivity index (χ1) is 7.51. The van der Waals surface area contributed by atoms with Crippen molar-refractivity contribution in [3.63, 3.8) is 0 Å². The van der Waals surface area contributed by atoms with Crippen molar-refractivity contribution < 1.29 is 17.5 Å². The van der Waals surface area contributed by atoms with Crippen LogP contribution in [0.15, 0.2) is 17.2 Å². The molecule has 0 atom stereocenters. The molecule has 1 aliphatic carbocycles. The van der Waals surface area contributed by atoms with E-state index < -0.39 is 15.7 Å². The van der Waals surface area contributed by atoms with Crippen molar-refractivity contribution >= 4 is 9.84 Å². The predicted octanol–water partition coefficient (Wildman–Crippen LogP) is 1.31. The number of ether oxygens (including phenoxy) is 1. The molecule has 0 aromatic carbocycles. The Morgan fingerprint density at radius 1 is 1.38 bits per heavy atom. The summed E-state index contributed by atoms with van der Waals surface area (Å²) in [6.45, 7) is 0. The van der Waals surface area contributed by atoms with Gasteiger partial charge in [-0.2, -0.15) is 0 Å². The third kappa shape index (κ3) is 1.48. The number of halogens is 1. The zero-order valence-corrected chi connectivity index (χ0v) is 9.26. The number of fused-ring (bicyclic) bond motifs is 1. The molecule has 86 valence electrons. The number of pyridine rings is 1. The monoisotopic (exact) mass is 243 g/mol. The number of sulfone groups is 1. The van der Waals surface area contributed by atoms with Crippen LogP contribution >= 0.6 is 0 Å². The molecule has 1 aromatic rings. The molecule has 1 spiro atoms. The summed E-state index contributed by atoms with van der Waals surface area (Å²) in [5, 5.41) is 0. The minimum Gasteiger partial charge on any atom is -0.470 e. The number of aromatic nitrogens is 1. The van der Waals surface area contributed by atoms with Crippen LogP contribution < -0.4 is 4.74 Å². The average molecular weight is 243 g/mol. The second kappa shape index (κ2) is 2.94. The molecule has 1 aromatic heterocycles. The summed E-state index contributed by atoms with van der Waals surface area (Å²) in [5.41, 5.74) is -0.358. The molecule has 0 radical (unpaired) electrons. The zero-order chi connectivity index (χ0) is 11.4. The van der Waals surface area contributed by atoms with E-state index in [-0.39, 0.29) is 22.1 Å². The van der Waals surface area contributed by atoms with E-state index in [0.717, 1.165) is 25.1 Å². The zero-order valence-electron chi connectivity index (χ0n) is 8.44. The summed E-state index contributed by atoms with van der Waals surface area (Å²) in [7, 11) is -3.46. The fraction of sp³-hybridized carbons (Fsp3) is 0.500. The van der Waals surface area contributed by atoms with Gasteiger partial charge in [0.2, 0.25) is 5.88 Å². The van der Waals surface area contributed by atoms with Crippen LogP contribution in [0.25, 0.3) is 0 Å². The van der Waals surface area contributed by atoms with Gasteiger partial charge in [-0.15, -0.1) is 0 Å². The highest BCUT2D eigenvalue weighted by Crippen LogP contribution is 2.46. The van der Waals surface area contributed by atoms with Gasteiger partial charge in [-0.05, 0) is 18.9 Å². The minimum atomic E-state index is -3.46. The largest absolute Gasteiger partial charge is 0.470 e. The van der Waals surface area contributed by atoms with Crippen molar-refractivity contribution in [2.45, 2.75) is 29.8 Å². The van der Waals surface area contributed by atoms with Crippen LogP contribution in [-0.2, 0) is 9.84 Å². The normalized spacial score (nSPS) is 24.3. The molecule has 0 unspecified atom stereocenters. The van der Waals surface area contributed by atoms with E-state index in [1.807, 2.05) is 0 Å². The van der Waals surface area contributed by atoms with Crippen LogP contribution in [0.3, 0.4) is 0 Å². The molecule has 4 nitrogen and oxygen atoms in total. The fourth-order valence-electron chi connectivity index (χ4n) is 1.89. The standard InChI is InChI=1S/C10H10FNO3S/c11-7-5-8-9(12-6-7)15-10(1-2-10)3-4-16(8,13)14/h5-6H,1-4H2. The molecule has 2 aliphatic rings. The molecule has 16 heavy (non-hydrogen) atoms. The Morgan fingerprint density at radius 3 is 2.81 bits per heavy atom. The third-order valence-corrected chi connectivity index (χ3v) is 4.77. The summed E-state index contributed by atoms with van der Waals surface area (Å²) in [5.74, 6) is -0.598. The van der Waals surface area contributed by atoms with E-state index in [4.69, 9.17) is 4.74 Å². The van der Waals surface area contributed by atoms with E-state index >= 15 is 0 Å². The Balaban J connectivity index is 2.18. The Hall–Kier alpha value is -1.17. The molecular weight excluding hydrogens is 233 g/mol. The second-order valence-corrected chi connectivity index (χ2v) is 6.39. The smallest absolute Gasteiger partial charge is 0.233 e. The van der Waals surface area contributed by atoms with Crippen LogP contribution in [0, 0.1) is 5.82 Å². The summed E-state index contributed by atoms with van der Waals surface area (Å²) < 4.78 is 42.3. The molecule has 6 heteroatoms. The van der Waals surface area contributed by atoms with Gasteiger partial charge in [0.15, 0.2) is 9.84 Å². The van der Waals surface area contributed by atoms with Gasteiger partial charge in [0.25, 0.3) is 0 Å². The maximum absolute atomic E-state index is 13.0. The van der Waals surface area contributed by atoms with Gasteiger partial charge in [-0.25, -0.2) is 17.8 Å². The van der Waals surface area contributed by atoms with Gasteiger partial charge in [0.1, 0.15) is 16.3 Å².